The number of nitrogens with one attached hydrogen (secondary N) is 2. The maximum Gasteiger partial charge on any atom is 0.254 e. The molecule has 0 spiro atoms. The quantitative estimate of drug-likeness (QED) is 0.336. The molecule has 5 rings (SSSR count). The lowest BCUT2D eigenvalue weighted by Gasteiger charge is -2.06. The number of ether oxygens (including phenoxy) is 1. The lowest BCUT2D eigenvalue weighted by molar-refractivity contribution is 0.415. The molecule has 0 fully saturated rings. The number of aromatic nitrogens is 3. The van der Waals surface area contributed by atoms with E-state index in [1.54, 1.807) is 11.8 Å². The maximum atomic E-state index is 13.0. The highest BCUT2D eigenvalue weighted by Gasteiger charge is 2.16. The second kappa shape index (κ2) is 9.77. The van der Waals surface area contributed by atoms with E-state index in [1.807, 2.05) is 78.9 Å². The second-order valence-electron chi connectivity index (χ2n) is 8.12. The first-order chi connectivity index (χ1) is 16.7. The Balaban J connectivity index is 1.50. The molecule has 6 heteroatoms. The minimum atomic E-state index is -0.113. The van der Waals surface area contributed by atoms with E-state index >= 15 is 0 Å². The molecular formula is C28H26N4O2. The molecule has 0 aliphatic heterocycles. The van der Waals surface area contributed by atoms with Crippen LogP contribution in [0.1, 0.15) is 11.1 Å². The molecule has 2 aromatic heterocycles. The molecule has 0 amide bonds. The average Bonchev–Trinajstić information content (AvgIpc) is 3.26. The number of fused-ring (bicyclic) bond motifs is 1. The molecule has 0 saturated carbocycles. The smallest absolute Gasteiger partial charge is 0.254 e. The van der Waals surface area contributed by atoms with Crippen LogP contribution < -0.4 is 15.6 Å². The molecule has 0 atom stereocenters. The van der Waals surface area contributed by atoms with E-state index in [4.69, 9.17) is 9.84 Å². The molecular weight excluding hydrogens is 424 g/mol. The van der Waals surface area contributed by atoms with Gasteiger partial charge in [-0.15, -0.1) is 0 Å². The molecule has 0 unspecified atom stereocenters. The Bertz CT molecular complexity index is 1440. The van der Waals surface area contributed by atoms with Crippen molar-refractivity contribution in [3.8, 4) is 22.7 Å². The van der Waals surface area contributed by atoms with E-state index in [2.05, 4.69) is 22.4 Å². The van der Waals surface area contributed by atoms with Crippen molar-refractivity contribution in [3.05, 3.63) is 112 Å². The third-order valence-electron chi connectivity index (χ3n) is 5.88. The third kappa shape index (κ3) is 4.49. The van der Waals surface area contributed by atoms with Crippen LogP contribution >= 0.6 is 0 Å². The van der Waals surface area contributed by atoms with Gasteiger partial charge in [0.1, 0.15) is 17.1 Å². The highest BCUT2D eigenvalue weighted by molar-refractivity contribution is 5.92. The summed E-state index contributed by atoms with van der Waals surface area (Å²) < 4.78 is 7.10. The standard InChI is InChI=1S/C28H26N4O2/c1-34-24-14-12-21(13-15-24)26-25-18-22(19-29-17-16-20-8-4-2-5-9-20)28(33)30-27(25)32(31-26)23-10-6-3-7-11-23/h2-15,18,29H,16-17,19H2,1H3,(H,30,33). The zero-order chi connectivity index (χ0) is 23.3. The van der Waals surface area contributed by atoms with Crippen molar-refractivity contribution < 1.29 is 4.74 Å². The molecule has 3 aromatic carbocycles. The SMILES string of the molecule is COc1ccc(-c2nn(-c3ccccc3)c3[nH]c(=O)c(CNCCc4ccccc4)cc23)cc1. The average molecular weight is 451 g/mol. The van der Waals surface area contributed by atoms with Crippen LogP contribution in [0.25, 0.3) is 28.0 Å². The second-order valence-corrected chi connectivity index (χ2v) is 8.12. The van der Waals surface area contributed by atoms with Gasteiger partial charge in [0.05, 0.1) is 12.8 Å². The summed E-state index contributed by atoms with van der Waals surface area (Å²) in [6, 6.07) is 29.9. The fourth-order valence-electron chi connectivity index (χ4n) is 4.06. The van der Waals surface area contributed by atoms with E-state index in [9.17, 15) is 4.79 Å². The summed E-state index contributed by atoms with van der Waals surface area (Å²) in [6.45, 7) is 1.27. The Kier molecular flexibility index (Phi) is 6.23. The van der Waals surface area contributed by atoms with Crippen LogP contribution in [0, 0.1) is 0 Å². The van der Waals surface area contributed by atoms with Gasteiger partial charge in [-0.1, -0.05) is 48.5 Å². The molecule has 0 bridgehead atoms. The van der Waals surface area contributed by atoms with Crippen LogP contribution in [-0.2, 0) is 13.0 Å². The van der Waals surface area contributed by atoms with Crippen molar-refractivity contribution in [3.63, 3.8) is 0 Å². The van der Waals surface area contributed by atoms with Crippen molar-refractivity contribution in [2.45, 2.75) is 13.0 Å². The van der Waals surface area contributed by atoms with Crippen LogP contribution in [0.5, 0.6) is 5.75 Å². The van der Waals surface area contributed by atoms with Gasteiger partial charge < -0.3 is 15.0 Å². The number of benzene rings is 3. The zero-order valence-electron chi connectivity index (χ0n) is 19.0. The number of hydrogen-bond donors (Lipinski definition) is 2. The number of methoxy groups -OCH3 is 1. The number of nitrogens with zero attached hydrogens (tertiary/aromatic N) is 2. The van der Waals surface area contributed by atoms with Crippen molar-refractivity contribution in [1.82, 2.24) is 20.1 Å². The lowest BCUT2D eigenvalue weighted by atomic mass is 10.1. The molecule has 0 aliphatic rings. The fourth-order valence-corrected chi connectivity index (χ4v) is 4.06. The topological polar surface area (TPSA) is 71.9 Å². The summed E-state index contributed by atoms with van der Waals surface area (Å²) in [7, 11) is 1.65. The van der Waals surface area contributed by atoms with Gasteiger partial charge in [-0.05, 0) is 61.0 Å². The lowest BCUT2D eigenvalue weighted by Crippen LogP contribution is -2.23. The van der Waals surface area contributed by atoms with Crippen LogP contribution in [0.15, 0.2) is 95.8 Å². The van der Waals surface area contributed by atoms with E-state index in [-0.39, 0.29) is 5.56 Å². The molecule has 34 heavy (non-hydrogen) atoms. The first-order valence-electron chi connectivity index (χ1n) is 11.3. The molecule has 0 radical (unpaired) electrons. The number of rotatable bonds is 8. The summed E-state index contributed by atoms with van der Waals surface area (Å²) in [5.74, 6) is 0.784. The van der Waals surface area contributed by atoms with Crippen molar-refractivity contribution in [2.75, 3.05) is 13.7 Å². The Morgan fingerprint density at radius 3 is 2.35 bits per heavy atom. The maximum absolute atomic E-state index is 13.0. The van der Waals surface area contributed by atoms with E-state index in [0.717, 1.165) is 41.0 Å². The van der Waals surface area contributed by atoms with Gasteiger partial charge >= 0.3 is 0 Å². The Hall–Kier alpha value is -4.16. The van der Waals surface area contributed by atoms with Gasteiger partial charge in [0.25, 0.3) is 5.56 Å². The minimum Gasteiger partial charge on any atom is -0.497 e. The van der Waals surface area contributed by atoms with Gasteiger partial charge in [0, 0.05) is 23.1 Å². The van der Waals surface area contributed by atoms with Crippen molar-refractivity contribution >= 4 is 11.0 Å². The summed E-state index contributed by atoms with van der Waals surface area (Å²) >= 11 is 0. The van der Waals surface area contributed by atoms with Crippen LogP contribution in [0.3, 0.4) is 0 Å². The zero-order valence-corrected chi connectivity index (χ0v) is 19.0. The fraction of sp³-hybridized carbons (Fsp3) is 0.143. The number of aromatic amines is 1. The predicted molar refractivity (Wildman–Crippen MR) is 136 cm³/mol. The van der Waals surface area contributed by atoms with Gasteiger partial charge in [-0.25, -0.2) is 4.68 Å². The van der Waals surface area contributed by atoms with Crippen LogP contribution in [-0.4, -0.2) is 28.4 Å². The van der Waals surface area contributed by atoms with E-state index < -0.39 is 0 Å². The largest absolute Gasteiger partial charge is 0.497 e. The minimum absolute atomic E-state index is 0.113. The van der Waals surface area contributed by atoms with Crippen molar-refractivity contribution in [2.24, 2.45) is 0 Å². The van der Waals surface area contributed by atoms with Crippen molar-refractivity contribution in [1.29, 1.82) is 0 Å². The summed E-state index contributed by atoms with van der Waals surface area (Å²) in [5, 5.41) is 9.19. The summed E-state index contributed by atoms with van der Waals surface area (Å²) in [4.78, 5) is 16.0. The Labute approximate surface area is 197 Å². The van der Waals surface area contributed by atoms with Gasteiger partial charge in [-0.2, -0.15) is 5.10 Å². The van der Waals surface area contributed by atoms with E-state index in [1.165, 1.54) is 5.56 Å². The summed E-state index contributed by atoms with van der Waals surface area (Å²) in [5.41, 5.74) is 5.16. The highest BCUT2D eigenvalue weighted by Crippen LogP contribution is 2.30. The molecule has 2 heterocycles. The highest BCUT2D eigenvalue weighted by atomic mass is 16.5. The number of para-hydroxylation sites is 1. The first-order valence-corrected chi connectivity index (χ1v) is 11.3. The Morgan fingerprint density at radius 2 is 1.65 bits per heavy atom. The van der Waals surface area contributed by atoms with Crippen LogP contribution in [0.4, 0.5) is 0 Å². The summed E-state index contributed by atoms with van der Waals surface area (Å²) in [6.07, 6.45) is 0.907. The Morgan fingerprint density at radius 1 is 0.941 bits per heavy atom. The third-order valence-corrected chi connectivity index (χ3v) is 5.88. The number of H-pyrrole nitrogens is 1. The normalized spacial score (nSPS) is 11.1. The number of pyridine rings is 1. The molecule has 5 aromatic rings. The van der Waals surface area contributed by atoms with Crippen LogP contribution in [0.2, 0.25) is 0 Å². The van der Waals surface area contributed by atoms with E-state index in [0.29, 0.717) is 17.8 Å². The molecule has 0 aliphatic carbocycles. The predicted octanol–water partition coefficient (Wildman–Crippen LogP) is 4.72. The molecule has 2 N–H and O–H groups in total. The van der Waals surface area contributed by atoms with Gasteiger partial charge in [0.2, 0.25) is 0 Å². The van der Waals surface area contributed by atoms with Gasteiger partial charge in [-0.3, -0.25) is 4.79 Å². The monoisotopic (exact) mass is 450 g/mol. The molecule has 170 valence electrons. The number of hydrogen-bond acceptors (Lipinski definition) is 4. The first kappa shape index (κ1) is 21.7. The molecule has 6 nitrogen and oxygen atoms in total. The van der Waals surface area contributed by atoms with Gasteiger partial charge in [0.15, 0.2) is 0 Å². The molecule has 0 saturated heterocycles.